The Kier molecular flexibility index (Phi) is 3.99. The van der Waals surface area contributed by atoms with E-state index in [1.165, 1.54) is 12.1 Å². The number of hydrogen-bond donors (Lipinski definition) is 4. The molecule has 0 aliphatic heterocycles. The Hall–Kier alpha value is -2.02. The molecule has 0 radical (unpaired) electrons. The second-order valence-corrected chi connectivity index (χ2v) is 4.90. The van der Waals surface area contributed by atoms with E-state index in [0.717, 1.165) is 12.1 Å². The molecule has 0 saturated carbocycles. The molecule has 2 aromatic carbocycles. The van der Waals surface area contributed by atoms with E-state index in [4.69, 9.17) is 0 Å². The second-order valence-electron chi connectivity index (χ2n) is 4.04. The molecule has 0 spiro atoms. The highest BCUT2D eigenvalue weighted by molar-refractivity contribution is 9.10. The molecule has 106 valence electrons. The molecule has 0 fully saturated rings. The van der Waals surface area contributed by atoms with Gasteiger partial charge in [0.25, 0.3) is 0 Å². The zero-order chi connectivity index (χ0) is 14.9. The minimum atomic E-state index is -0.666. The molecule has 0 aliphatic carbocycles. The minimum absolute atomic E-state index is 0.00525. The molecule has 0 aliphatic rings. The summed E-state index contributed by atoms with van der Waals surface area (Å²) in [6, 6.07) is 4.48. The van der Waals surface area contributed by atoms with E-state index < -0.39 is 28.9 Å². The molecule has 0 saturated heterocycles. The summed E-state index contributed by atoms with van der Waals surface area (Å²) in [7, 11) is 0. The van der Waals surface area contributed by atoms with Gasteiger partial charge in [-0.25, -0.2) is 8.78 Å². The molecule has 0 amide bonds. The van der Waals surface area contributed by atoms with Crippen molar-refractivity contribution in [1.82, 2.24) is 0 Å². The Labute approximate surface area is 121 Å². The Morgan fingerprint density at radius 3 is 2.40 bits per heavy atom. The number of phenols is 3. The van der Waals surface area contributed by atoms with E-state index in [1.807, 2.05) is 0 Å². The lowest BCUT2D eigenvalue weighted by atomic mass is 10.1. The second kappa shape index (κ2) is 5.54. The molecular weight excluding hydrogens is 336 g/mol. The number of rotatable bonds is 3. The Balaban J connectivity index is 2.21. The van der Waals surface area contributed by atoms with Crippen LogP contribution in [-0.4, -0.2) is 15.3 Å². The van der Waals surface area contributed by atoms with E-state index in [9.17, 15) is 24.1 Å². The third-order valence-corrected chi connectivity index (χ3v) is 3.30. The van der Waals surface area contributed by atoms with Crippen molar-refractivity contribution in [3.8, 4) is 17.2 Å². The number of benzene rings is 2. The largest absolute Gasteiger partial charge is 0.504 e. The minimum Gasteiger partial charge on any atom is -0.504 e. The number of phenolic OH excluding ortho intramolecular Hbond substituents is 3. The van der Waals surface area contributed by atoms with Crippen LogP contribution in [0.3, 0.4) is 0 Å². The molecule has 4 N–H and O–H groups in total. The Morgan fingerprint density at radius 2 is 1.70 bits per heavy atom. The van der Waals surface area contributed by atoms with Gasteiger partial charge in [-0.2, -0.15) is 0 Å². The highest BCUT2D eigenvalue weighted by atomic mass is 79.9. The molecule has 20 heavy (non-hydrogen) atoms. The number of anilines is 1. The first kappa shape index (κ1) is 14.4. The lowest BCUT2D eigenvalue weighted by Crippen LogP contribution is -2.02. The number of aromatic hydroxyl groups is 3. The lowest BCUT2D eigenvalue weighted by Gasteiger charge is -2.11. The number of hydrogen-bond acceptors (Lipinski definition) is 4. The van der Waals surface area contributed by atoms with E-state index in [1.54, 1.807) is 0 Å². The maximum Gasteiger partial charge on any atom is 0.200 e. The maximum absolute atomic E-state index is 13.6. The van der Waals surface area contributed by atoms with Crippen molar-refractivity contribution in [2.24, 2.45) is 0 Å². The van der Waals surface area contributed by atoms with Crippen LogP contribution < -0.4 is 5.32 Å². The zero-order valence-corrected chi connectivity index (χ0v) is 11.6. The summed E-state index contributed by atoms with van der Waals surface area (Å²) >= 11 is 2.86. The SMILES string of the molecule is Oc1ccc(CNc2cc(F)c(Br)cc2F)c(O)c1O. The average molecular weight is 346 g/mol. The molecule has 0 bridgehead atoms. The van der Waals surface area contributed by atoms with Crippen molar-refractivity contribution >= 4 is 21.6 Å². The summed E-state index contributed by atoms with van der Waals surface area (Å²) in [6.07, 6.45) is 0. The molecule has 2 rings (SSSR count). The van der Waals surface area contributed by atoms with E-state index in [-0.39, 0.29) is 22.3 Å². The van der Waals surface area contributed by atoms with Crippen molar-refractivity contribution in [3.63, 3.8) is 0 Å². The maximum atomic E-state index is 13.6. The number of halogens is 3. The normalized spacial score (nSPS) is 10.6. The van der Waals surface area contributed by atoms with Crippen LogP contribution in [0.4, 0.5) is 14.5 Å². The van der Waals surface area contributed by atoms with E-state index >= 15 is 0 Å². The van der Waals surface area contributed by atoms with Gasteiger partial charge < -0.3 is 20.6 Å². The van der Waals surface area contributed by atoms with Gasteiger partial charge in [0, 0.05) is 18.2 Å². The van der Waals surface area contributed by atoms with Crippen LogP contribution in [0.2, 0.25) is 0 Å². The van der Waals surface area contributed by atoms with Crippen molar-refractivity contribution in [3.05, 3.63) is 45.9 Å². The van der Waals surface area contributed by atoms with Gasteiger partial charge in [-0.15, -0.1) is 0 Å². The fraction of sp³-hybridized carbons (Fsp3) is 0.0769. The van der Waals surface area contributed by atoms with Gasteiger partial charge in [-0.1, -0.05) is 0 Å². The summed E-state index contributed by atoms with van der Waals surface area (Å²) < 4.78 is 26.9. The lowest BCUT2D eigenvalue weighted by molar-refractivity contribution is 0.365. The predicted octanol–water partition coefficient (Wildman–Crippen LogP) is 3.46. The van der Waals surface area contributed by atoms with E-state index in [0.29, 0.717) is 0 Å². The quantitative estimate of drug-likeness (QED) is 0.507. The smallest absolute Gasteiger partial charge is 0.200 e. The third-order valence-electron chi connectivity index (χ3n) is 2.69. The molecule has 7 heteroatoms. The van der Waals surface area contributed by atoms with Crippen LogP contribution in [0.1, 0.15) is 5.56 Å². The number of nitrogens with one attached hydrogen (secondary N) is 1. The van der Waals surface area contributed by atoms with Crippen LogP contribution in [0.25, 0.3) is 0 Å². The van der Waals surface area contributed by atoms with Crippen LogP contribution >= 0.6 is 15.9 Å². The Morgan fingerprint density at radius 1 is 1.00 bits per heavy atom. The summed E-state index contributed by atoms with van der Waals surface area (Å²) in [5.74, 6) is -2.94. The first-order valence-corrected chi connectivity index (χ1v) is 6.30. The molecule has 0 unspecified atom stereocenters. The fourth-order valence-electron chi connectivity index (χ4n) is 1.60. The average Bonchev–Trinajstić information content (AvgIpc) is 2.40. The summed E-state index contributed by atoms with van der Waals surface area (Å²) in [5.41, 5.74) is 0.140. The fourth-order valence-corrected chi connectivity index (χ4v) is 1.92. The van der Waals surface area contributed by atoms with Crippen molar-refractivity contribution < 1.29 is 24.1 Å². The molecule has 0 heterocycles. The molecule has 0 atom stereocenters. The standard InChI is InChI=1S/C13H10BrF2NO3/c14-7-3-9(16)10(4-8(7)15)17-5-6-1-2-11(18)13(20)12(6)19/h1-4,17-20H,5H2. The third kappa shape index (κ3) is 2.77. The highest BCUT2D eigenvalue weighted by Crippen LogP contribution is 2.37. The van der Waals surface area contributed by atoms with Gasteiger partial charge in [0.15, 0.2) is 11.5 Å². The molecule has 0 aromatic heterocycles. The van der Waals surface area contributed by atoms with Gasteiger partial charge in [0.1, 0.15) is 11.6 Å². The Bertz CT molecular complexity index is 663. The van der Waals surface area contributed by atoms with Gasteiger partial charge in [-0.3, -0.25) is 0 Å². The van der Waals surface area contributed by atoms with Crippen molar-refractivity contribution in [2.45, 2.75) is 6.54 Å². The van der Waals surface area contributed by atoms with E-state index in [2.05, 4.69) is 21.2 Å². The molecular formula is C13H10BrF2NO3. The van der Waals surface area contributed by atoms with Gasteiger partial charge >= 0.3 is 0 Å². The van der Waals surface area contributed by atoms with Crippen molar-refractivity contribution in [2.75, 3.05) is 5.32 Å². The van der Waals surface area contributed by atoms with Crippen LogP contribution in [0, 0.1) is 11.6 Å². The predicted molar refractivity (Wildman–Crippen MR) is 72.8 cm³/mol. The summed E-state index contributed by atoms with van der Waals surface area (Å²) in [4.78, 5) is 0. The van der Waals surface area contributed by atoms with Crippen LogP contribution in [0.15, 0.2) is 28.7 Å². The summed E-state index contributed by atoms with van der Waals surface area (Å²) in [5, 5.41) is 30.7. The molecule has 4 nitrogen and oxygen atoms in total. The van der Waals surface area contributed by atoms with Crippen LogP contribution in [0.5, 0.6) is 17.2 Å². The monoisotopic (exact) mass is 345 g/mol. The zero-order valence-electron chi connectivity index (χ0n) is 9.99. The van der Waals surface area contributed by atoms with Gasteiger partial charge in [0.2, 0.25) is 5.75 Å². The highest BCUT2D eigenvalue weighted by Gasteiger charge is 2.12. The van der Waals surface area contributed by atoms with Crippen LogP contribution in [-0.2, 0) is 6.54 Å². The van der Waals surface area contributed by atoms with Crippen molar-refractivity contribution in [1.29, 1.82) is 0 Å². The first-order chi connectivity index (χ1) is 9.40. The van der Waals surface area contributed by atoms with Gasteiger partial charge in [0.05, 0.1) is 10.2 Å². The topological polar surface area (TPSA) is 72.7 Å². The first-order valence-electron chi connectivity index (χ1n) is 5.51. The van der Waals surface area contributed by atoms with Gasteiger partial charge in [-0.05, 0) is 34.1 Å². The molecule has 2 aromatic rings. The summed E-state index contributed by atoms with van der Waals surface area (Å²) in [6.45, 7) is -0.0579.